The van der Waals surface area contributed by atoms with E-state index in [1.807, 2.05) is 19.0 Å². The van der Waals surface area contributed by atoms with Crippen molar-refractivity contribution < 1.29 is 17.9 Å². The fraction of sp³-hybridized carbons (Fsp3) is 0.562. The lowest BCUT2D eigenvalue weighted by atomic mass is 10.2. The first-order valence-electron chi connectivity index (χ1n) is 8.15. The molecule has 0 saturated carbocycles. The Morgan fingerprint density at radius 3 is 2.60 bits per heavy atom. The second-order valence-corrected chi connectivity index (χ2v) is 7.85. The molecule has 1 unspecified atom stereocenters. The quantitative estimate of drug-likeness (QED) is 0.677. The van der Waals surface area contributed by atoms with Crippen LogP contribution in [0.3, 0.4) is 0 Å². The molecule has 140 valence electrons. The Morgan fingerprint density at radius 1 is 1.20 bits per heavy atom. The number of rotatable bonds is 8. The third-order valence-corrected chi connectivity index (χ3v) is 5.39. The zero-order chi connectivity index (χ0) is 18.4. The molecule has 1 aromatic rings. The minimum absolute atomic E-state index is 0.148. The van der Waals surface area contributed by atoms with Crippen molar-refractivity contribution in [3.63, 3.8) is 0 Å². The molecule has 0 aliphatic carbocycles. The number of carbonyl (C=O) groups excluding carboxylic acids is 1. The molecule has 9 heteroatoms. The third kappa shape index (κ3) is 5.15. The van der Waals surface area contributed by atoms with Crippen LogP contribution in [-0.4, -0.2) is 77.7 Å². The number of carbonyl (C=O) groups is 1. The maximum Gasteiger partial charge on any atom is 0.261 e. The second kappa shape index (κ2) is 8.61. The van der Waals surface area contributed by atoms with Crippen molar-refractivity contribution in [1.29, 1.82) is 0 Å². The molecule has 2 rings (SSSR count). The van der Waals surface area contributed by atoms with E-state index in [0.29, 0.717) is 25.4 Å². The molecular formula is C16H26N4O4S. The van der Waals surface area contributed by atoms with Gasteiger partial charge in [-0.1, -0.05) is 12.1 Å². The Morgan fingerprint density at radius 2 is 1.92 bits per heavy atom. The van der Waals surface area contributed by atoms with E-state index in [-0.39, 0.29) is 10.8 Å². The van der Waals surface area contributed by atoms with Gasteiger partial charge in [0, 0.05) is 20.2 Å². The SMILES string of the molecule is COCCN(CCCN(C)C)C(=O)C1Nc2ccccc2S(=O)(=O)N1. The first kappa shape index (κ1) is 19.6. The maximum atomic E-state index is 12.8. The fourth-order valence-corrected chi connectivity index (χ4v) is 3.90. The summed E-state index contributed by atoms with van der Waals surface area (Å²) in [5, 5.41) is 2.98. The molecule has 0 saturated heterocycles. The van der Waals surface area contributed by atoms with Crippen LogP contribution in [-0.2, 0) is 19.6 Å². The number of methoxy groups -OCH3 is 1. The Bertz CT molecular complexity index is 693. The summed E-state index contributed by atoms with van der Waals surface area (Å²) >= 11 is 0. The number of nitrogens with zero attached hydrogens (tertiary/aromatic N) is 2. The Labute approximate surface area is 149 Å². The van der Waals surface area contributed by atoms with Gasteiger partial charge in [-0.3, -0.25) is 4.79 Å². The van der Waals surface area contributed by atoms with Crippen LogP contribution >= 0.6 is 0 Å². The van der Waals surface area contributed by atoms with Gasteiger partial charge in [-0.2, -0.15) is 4.72 Å². The van der Waals surface area contributed by atoms with Gasteiger partial charge in [-0.05, 0) is 39.2 Å². The molecule has 0 spiro atoms. The van der Waals surface area contributed by atoms with Crippen LogP contribution < -0.4 is 10.0 Å². The van der Waals surface area contributed by atoms with E-state index in [1.165, 1.54) is 6.07 Å². The zero-order valence-corrected chi connectivity index (χ0v) is 15.7. The van der Waals surface area contributed by atoms with Gasteiger partial charge in [0.1, 0.15) is 4.90 Å². The van der Waals surface area contributed by atoms with E-state index in [4.69, 9.17) is 4.74 Å². The molecular weight excluding hydrogens is 344 g/mol. The van der Waals surface area contributed by atoms with Crippen molar-refractivity contribution in [2.45, 2.75) is 17.5 Å². The highest BCUT2D eigenvalue weighted by atomic mass is 32.2. The number of nitrogens with one attached hydrogen (secondary N) is 2. The molecule has 1 aromatic carbocycles. The van der Waals surface area contributed by atoms with Gasteiger partial charge >= 0.3 is 0 Å². The number of anilines is 1. The summed E-state index contributed by atoms with van der Waals surface area (Å²) in [4.78, 5) is 16.7. The van der Waals surface area contributed by atoms with E-state index >= 15 is 0 Å². The predicted octanol–water partition coefficient (Wildman–Crippen LogP) is 0.143. The number of sulfonamides is 1. The number of amides is 1. The maximum absolute atomic E-state index is 12.8. The van der Waals surface area contributed by atoms with Crippen LogP contribution in [0, 0.1) is 0 Å². The second-order valence-electron chi connectivity index (χ2n) is 6.17. The van der Waals surface area contributed by atoms with Gasteiger partial charge in [0.05, 0.1) is 12.3 Å². The molecule has 1 amide bonds. The fourth-order valence-electron chi connectivity index (χ4n) is 2.63. The van der Waals surface area contributed by atoms with Crippen molar-refractivity contribution in [3.05, 3.63) is 24.3 Å². The van der Waals surface area contributed by atoms with Crippen LogP contribution in [0.25, 0.3) is 0 Å². The minimum atomic E-state index is -3.72. The molecule has 0 radical (unpaired) electrons. The first-order chi connectivity index (χ1) is 11.8. The summed E-state index contributed by atoms with van der Waals surface area (Å²) in [6.45, 7) is 2.17. The molecule has 1 heterocycles. The Balaban J connectivity index is 2.13. The van der Waals surface area contributed by atoms with Crippen LogP contribution in [0.4, 0.5) is 5.69 Å². The summed E-state index contributed by atoms with van der Waals surface area (Å²) in [5.74, 6) is -0.311. The van der Waals surface area contributed by atoms with E-state index in [1.54, 1.807) is 30.2 Å². The van der Waals surface area contributed by atoms with Crippen molar-refractivity contribution in [1.82, 2.24) is 14.5 Å². The van der Waals surface area contributed by atoms with Crippen molar-refractivity contribution in [2.24, 2.45) is 0 Å². The van der Waals surface area contributed by atoms with Crippen LogP contribution in [0.1, 0.15) is 6.42 Å². The van der Waals surface area contributed by atoms with Gasteiger partial charge in [-0.25, -0.2) is 8.42 Å². The lowest BCUT2D eigenvalue weighted by Gasteiger charge is -2.32. The molecule has 1 aliphatic heterocycles. The normalized spacial score (nSPS) is 18.5. The standard InChI is InChI=1S/C16H26N4O4S/c1-19(2)9-6-10-20(11-12-24-3)16(21)15-17-13-7-4-5-8-14(13)25(22,23)18-15/h4-5,7-8,15,17-18H,6,9-12H2,1-3H3. The number of para-hydroxylation sites is 1. The van der Waals surface area contributed by atoms with Crippen molar-refractivity contribution in [2.75, 3.05) is 52.8 Å². The molecule has 2 N–H and O–H groups in total. The Kier molecular flexibility index (Phi) is 6.77. The van der Waals surface area contributed by atoms with Gasteiger partial charge in [-0.15, -0.1) is 0 Å². The topological polar surface area (TPSA) is 91.0 Å². The number of hydrogen-bond acceptors (Lipinski definition) is 6. The molecule has 0 bridgehead atoms. The first-order valence-corrected chi connectivity index (χ1v) is 9.64. The van der Waals surface area contributed by atoms with Gasteiger partial charge < -0.3 is 19.9 Å². The highest BCUT2D eigenvalue weighted by Crippen LogP contribution is 2.25. The smallest absolute Gasteiger partial charge is 0.261 e. The van der Waals surface area contributed by atoms with E-state index in [9.17, 15) is 13.2 Å². The molecule has 0 fully saturated rings. The molecule has 25 heavy (non-hydrogen) atoms. The van der Waals surface area contributed by atoms with E-state index < -0.39 is 16.2 Å². The number of fused-ring (bicyclic) bond motifs is 1. The van der Waals surface area contributed by atoms with Crippen LogP contribution in [0.5, 0.6) is 0 Å². The van der Waals surface area contributed by atoms with Crippen LogP contribution in [0.15, 0.2) is 29.2 Å². The van der Waals surface area contributed by atoms with Crippen molar-refractivity contribution in [3.8, 4) is 0 Å². The summed E-state index contributed by atoms with van der Waals surface area (Å²) in [6, 6.07) is 6.53. The third-order valence-electron chi connectivity index (χ3n) is 3.91. The Hall–Kier alpha value is -1.68. The zero-order valence-electron chi connectivity index (χ0n) is 14.9. The molecule has 1 aliphatic rings. The summed E-state index contributed by atoms with van der Waals surface area (Å²) < 4.78 is 32.2. The van der Waals surface area contributed by atoms with E-state index in [0.717, 1.165) is 13.0 Å². The highest BCUT2D eigenvalue weighted by Gasteiger charge is 2.34. The van der Waals surface area contributed by atoms with Crippen molar-refractivity contribution >= 4 is 21.6 Å². The predicted molar refractivity (Wildman–Crippen MR) is 95.8 cm³/mol. The number of hydrogen-bond donors (Lipinski definition) is 2. The van der Waals surface area contributed by atoms with Gasteiger partial charge in [0.2, 0.25) is 10.0 Å². The van der Waals surface area contributed by atoms with Gasteiger partial charge in [0.15, 0.2) is 6.17 Å². The monoisotopic (exact) mass is 370 g/mol. The average Bonchev–Trinajstić information content (AvgIpc) is 2.56. The largest absolute Gasteiger partial charge is 0.383 e. The molecule has 1 atom stereocenters. The average molecular weight is 370 g/mol. The summed E-state index contributed by atoms with van der Waals surface area (Å²) in [5.41, 5.74) is 0.430. The molecule has 8 nitrogen and oxygen atoms in total. The van der Waals surface area contributed by atoms with Gasteiger partial charge in [0.25, 0.3) is 5.91 Å². The highest BCUT2D eigenvalue weighted by molar-refractivity contribution is 7.89. The number of ether oxygens (including phenoxy) is 1. The van der Waals surface area contributed by atoms with E-state index in [2.05, 4.69) is 10.0 Å². The lowest BCUT2D eigenvalue weighted by molar-refractivity contribution is -0.133. The molecule has 0 aromatic heterocycles. The summed E-state index contributed by atoms with van der Waals surface area (Å²) in [6.07, 6.45) is -0.227. The number of benzene rings is 1. The van der Waals surface area contributed by atoms with Crippen LogP contribution in [0.2, 0.25) is 0 Å². The summed E-state index contributed by atoms with van der Waals surface area (Å²) in [7, 11) is 1.78. The lowest BCUT2D eigenvalue weighted by Crippen LogP contribution is -2.55. The minimum Gasteiger partial charge on any atom is -0.383 e.